The molecule has 18 heteroatoms. The Morgan fingerprint density at radius 3 is 0.962 bits per heavy atom. The summed E-state index contributed by atoms with van der Waals surface area (Å²) in [5.74, 6) is 0. The lowest BCUT2D eigenvalue weighted by atomic mass is 9.90. The molecule has 0 heterocycles. The van der Waals surface area contributed by atoms with E-state index in [1.165, 1.54) is 48.6 Å². The van der Waals surface area contributed by atoms with Gasteiger partial charge in [0.05, 0.1) is 91.6 Å². The first-order chi connectivity index (χ1) is 24.8. The van der Waals surface area contributed by atoms with Crippen molar-refractivity contribution in [1.82, 2.24) is 0 Å². The fourth-order valence-electron chi connectivity index (χ4n) is 5.46. The number of nitriles is 8. The number of alkyl halides is 9. The van der Waals surface area contributed by atoms with Gasteiger partial charge >= 0.3 is 18.5 Å². The summed E-state index contributed by atoms with van der Waals surface area (Å²) in [7, 11) is 0. The highest BCUT2D eigenvalue weighted by Gasteiger charge is 2.48. The van der Waals surface area contributed by atoms with E-state index in [-0.39, 0.29) is 18.2 Å². The lowest BCUT2D eigenvalue weighted by molar-refractivity contribution is -0.138. The Kier molecular flexibility index (Phi) is 9.52. The Labute approximate surface area is 291 Å². The zero-order valence-corrected chi connectivity index (χ0v) is 25.5. The Morgan fingerprint density at radius 1 is 0.415 bits per heavy atom. The normalized spacial score (nSPS) is 15.1. The van der Waals surface area contributed by atoms with Crippen LogP contribution in [0.3, 0.4) is 0 Å². The van der Waals surface area contributed by atoms with Gasteiger partial charge in [-0.3, -0.25) is 0 Å². The number of nitrogen functional groups attached to an aromatic ring is 1. The van der Waals surface area contributed by atoms with Crippen LogP contribution in [0.4, 0.5) is 45.2 Å². The van der Waals surface area contributed by atoms with E-state index in [0.717, 1.165) is 0 Å². The minimum Gasteiger partial charge on any atom is -0.398 e. The second-order valence-electron chi connectivity index (χ2n) is 10.5. The van der Waals surface area contributed by atoms with Gasteiger partial charge in [-0.15, -0.1) is 0 Å². The fraction of sp³-hybridized carbons (Fsp3) is 0.0857. The number of anilines is 1. The van der Waals surface area contributed by atoms with Crippen molar-refractivity contribution in [3.63, 3.8) is 0 Å². The van der Waals surface area contributed by atoms with Crippen LogP contribution in [0.5, 0.6) is 0 Å². The van der Waals surface area contributed by atoms with Crippen LogP contribution in [0, 0.1) is 90.6 Å². The second kappa shape index (κ2) is 13.4. The van der Waals surface area contributed by atoms with Gasteiger partial charge in [-0.25, -0.2) is 0 Å². The van der Waals surface area contributed by atoms with Gasteiger partial charge in [-0.2, -0.15) is 81.6 Å². The van der Waals surface area contributed by atoms with E-state index in [4.69, 9.17) is 5.73 Å². The van der Waals surface area contributed by atoms with Crippen LogP contribution in [-0.2, 0) is 18.5 Å². The van der Waals surface area contributed by atoms with Gasteiger partial charge in [-0.05, 0) is 36.4 Å². The summed E-state index contributed by atoms with van der Waals surface area (Å²) in [5, 5.41) is 78.3. The molecule has 4 rings (SSSR count). The topological polar surface area (TPSA) is 216 Å². The monoisotopic (exact) mass is 725 g/mol. The van der Waals surface area contributed by atoms with Gasteiger partial charge in [0, 0.05) is 39.1 Å². The Bertz CT molecular complexity index is 2490. The minimum atomic E-state index is -5.47. The smallest absolute Gasteiger partial charge is 0.398 e. The van der Waals surface area contributed by atoms with E-state index in [1.807, 2.05) is 0 Å². The summed E-state index contributed by atoms with van der Waals surface area (Å²) >= 11 is 0. The number of rotatable bonds is 3. The summed E-state index contributed by atoms with van der Waals surface area (Å²) in [6.07, 6.45) is -16.4. The number of hydrogen-bond acceptors (Lipinski definition) is 9. The predicted octanol–water partition coefficient (Wildman–Crippen LogP) is 7.93. The standard InChI is InChI=1S/C35H8F9N9/c36-33(37,38)23-3-15(7-45)1-18(10-48)27(23)20(12-50)30-31(21(13-51)28-19(11-49)2-16(8-46)4-24(28)34(39,40)41)32(30)22(14-52)29-25(35(42,43)44)5-17(9-47)6-26(29)53/h1-6H,53H2/b30-20-,31-21+,32-22?. The molecule has 0 aromatic heterocycles. The number of benzene rings is 3. The molecule has 53 heavy (non-hydrogen) atoms. The molecule has 3 aromatic carbocycles. The highest BCUT2D eigenvalue weighted by molar-refractivity contribution is 6.14. The van der Waals surface area contributed by atoms with Crippen LogP contribution in [0.2, 0.25) is 0 Å². The molecule has 9 nitrogen and oxygen atoms in total. The Hall–Kier alpha value is -8.03. The maximum absolute atomic E-state index is 14.5. The third-order valence-electron chi connectivity index (χ3n) is 7.51. The van der Waals surface area contributed by atoms with Crippen molar-refractivity contribution < 1.29 is 39.5 Å². The second-order valence-corrected chi connectivity index (χ2v) is 10.5. The number of nitrogens with two attached hydrogens (primary N) is 1. The first-order valence-electron chi connectivity index (χ1n) is 13.7. The van der Waals surface area contributed by atoms with E-state index in [2.05, 4.69) is 0 Å². The van der Waals surface area contributed by atoms with Crippen molar-refractivity contribution in [2.24, 2.45) is 0 Å². The Balaban J connectivity index is 2.45. The number of allylic oxidation sites excluding steroid dienone is 6. The summed E-state index contributed by atoms with van der Waals surface area (Å²) in [5.41, 5.74) is -15.5. The SMILES string of the molecule is N#CC(=C1C(=C(\C#N)c2c(C#N)cc(C#N)cc2C(F)(F)F)/C1=C(\C#N)c1c(C#N)cc(C#N)cc1C(F)(F)F)c1c(N)cc(C#N)cc1C(F)(F)F. The van der Waals surface area contributed by atoms with E-state index in [0.29, 0.717) is 18.2 Å². The fourth-order valence-corrected chi connectivity index (χ4v) is 5.46. The van der Waals surface area contributed by atoms with E-state index in [1.54, 1.807) is 0 Å². The van der Waals surface area contributed by atoms with Crippen LogP contribution < -0.4 is 5.73 Å². The van der Waals surface area contributed by atoms with Crippen LogP contribution >= 0.6 is 0 Å². The maximum atomic E-state index is 14.5. The van der Waals surface area contributed by atoms with Crippen molar-refractivity contribution >= 4 is 22.4 Å². The average Bonchev–Trinajstić information content (AvgIpc) is 3.81. The number of nitrogens with zero attached hydrogens (tertiary/aromatic N) is 8. The predicted molar refractivity (Wildman–Crippen MR) is 160 cm³/mol. The molecule has 0 bridgehead atoms. The maximum Gasteiger partial charge on any atom is 0.417 e. The number of halogens is 9. The van der Waals surface area contributed by atoms with Gasteiger partial charge in [0.15, 0.2) is 0 Å². The van der Waals surface area contributed by atoms with Crippen molar-refractivity contribution in [3.8, 4) is 48.6 Å². The zero-order chi connectivity index (χ0) is 39.8. The van der Waals surface area contributed by atoms with Crippen LogP contribution in [0.1, 0.15) is 61.2 Å². The minimum absolute atomic E-state index is 0.205. The average molecular weight is 725 g/mol. The molecule has 1 fully saturated rings. The third kappa shape index (κ3) is 6.64. The molecule has 0 atom stereocenters. The molecule has 256 valence electrons. The van der Waals surface area contributed by atoms with Crippen LogP contribution in [-0.4, -0.2) is 0 Å². The molecule has 3 aromatic rings. The molecule has 0 amide bonds. The van der Waals surface area contributed by atoms with Crippen LogP contribution in [0.15, 0.2) is 53.1 Å². The van der Waals surface area contributed by atoms with E-state index >= 15 is 0 Å². The molecule has 2 N–H and O–H groups in total. The van der Waals surface area contributed by atoms with Gasteiger partial charge in [-0.1, -0.05) is 0 Å². The summed E-state index contributed by atoms with van der Waals surface area (Å²) < 4.78 is 130. The Morgan fingerprint density at radius 2 is 0.698 bits per heavy atom. The van der Waals surface area contributed by atoms with Crippen molar-refractivity contribution in [2.75, 3.05) is 5.73 Å². The summed E-state index contributed by atoms with van der Waals surface area (Å²) in [6.45, 7) is 0. The lowest BCUT2D eigenvalue weighted by Gasteiger charge is -2.15. The first kappa shape index (κ1) is 37.8. The molecule has 0 spiro atoms. The highest BCUT2D eigenvalue weighted by atomic mass is 19.4. The molecule has 0 saturated heterocycles. The van der Waals surface area contributed by atoms with Gasteiger partial charge in [0.25, 0.3) is 0 Å². The molecule has 1 aliphatic carbocycles. The van der Waals surface area contributed by atoms with Gasteiger partial charge in [0.2, 0.25) is 0 Å². The molecule has 1 saturated carbocycles. The summed E-state index contributed by atoms with van der Waals surface area (Å²) in [6, 6.07) is 13.4. The number of hydrogen-bond donors (Lipinski definition) is 1. The van der Waals surface area contributed by atoms with E-state index in [9.17, 15) is 81.6 Å². The largest absolute Gasteiger partial charge is 0.417 e. The summed E-state index contributed by atoms with van der Waals surface area (Å²) in [4.78, 5) is 0. The quantitative estimate of drug-likeness (QED) is 0.157. The van der Waals surface area contributed by atoms with E-state index < -0.39 is 119 Å². The van der Waals surface area contributed by atoms with Crippen LogP contribution in [0.25, 0.3) is 16.7 Å². The van der Waals surface area contributed by atoms with Gasteiger partial charge < -0.3 is 5.73 Å². The zero-order valence-electron chi connectivity index (χ0n) is 25.5. The molecular formula is C35H8F9N9. The molecule has 0 aliphatic heterocycles. The third-order valence-corrected chi connectivity index (χ3v) is 7.51. The first-order valence-corrected chi connectivity index (χ1v) is 13.7. The molecule has 0 radical (unpaired) electrons. The molecule has 0 unspecified atom stereocenters. The lowest BCUT2D eigenvalue weighted by Crippen LogP contribution is -2.12. The molecular weight excluding hydrogens is 717 g/mol. The highest BCUT2D eigenvalue weighted by Crippen LogP contribution is 2.59. The van der Waals surface area contributed by atoms with Gasteiger partial charge in [0.1, 0.15) is 18.2 Å². The van der Waals surface area contributed by atoms with Crippen molar-refractivity contribution in [2.45, 2.75) is 18.5 Å². The molecule has 1 aliphatic rings. The van der Waals surface area contributed by atoms with Crippen molar-refractivity contribution in [3.05, 3.63) is 114 Å². The van der Waals surface area contributed by atoms with Crippen molar-refractivity contribution in [1.29, 1.82) is 42.1 Å².